The molecule has 0 bridgehead atoms. The Hall–Kier alpha value is -1.80. The van der Waals surface area contributed by atoms with Crippen LogP contribution in [0.5, 0.6) is 0 Å². The molecular formula is C20H23ClO2. The predicted octanol–water partition coefficient (Wildman–Crippen LogP) is 5.53. The van der Waals surface area contributed by atoms with E-state index >= 15 is 0 Å². The van der Waals surface area contributed by atoms with E-state index in [1.807, 2.05) is 25.1 Å². The Labute approximate surface area is 143 Å². The van der Waals surface area contributed by atoms with Crippen LogP contribution in [-0.4, -0.2) is 12.6 Å². The van der Waals surface area contributed by atoms with Gasteiger partial charge in [-0.2, -0.15) is 0 Å². The molecule has 1 atom stereocenters. The molecule has 0 saturated carbocycles. The van der Waals surface area contributed by atoms with Gasteiger partial charge in [-0.05, 0) is 48.1 Å². The lowest BCUT2D eigenvalue weighted by Gasteiger charge is -2.14. The molecule has 122 valence electrons. The maximum Gasteiger partial charge on any atom is 0.306 e. The zero-order valence-corrected chi connectivity index (χ0v) is 14.5. The molecule has 0 radical (unpaired) electrons. The van der Waals surface area contributed by atoms with Gasteiger partial charge in [-0.25, -0.2) is 0 Å². The summed E-state index contributed by atoms with van der Waals surface area (Å²) in [7, 11) is 0. The number of carbonyl (C=O) groups is 1. The average molecular weight is 331 g/mol. The SMILES string of the molecule is CCOC(=O)C[C@H](CC)Cc1ccc(-c2cccc(Cl)c2)cc1. The summed E-state index contributed by atoms with van der Waals surface area (Å²) in [5.74, 6) is 0.223. The van der Waals surface area contributed by atoms with Crippen LogP contribution in [0.25, 0.3) is 11.1 Å². The number of benzene rings is 2. The Kier molecular flexibility index (Phi) is 6.66. The summed E-state index contributed by atoms with van der Waals surface area (Å²) in [5.41, 5.74) is 3.50. The number of halogens is 1. The van der Waals surface area contributed by atoms with Crippen LogP contribution < -0.4 is 0 Å². The number of esters is 1. The second kappa shape index (κ2) is 8.73. The van der Waals surface area contributed by atoms with Crippen LogP contribution in [-0.2, 0) is 16.0 Å². The van der Waals surface area contributed by atoms with Crippen molar-refractivity contribution in [3.63, 3.8) is 0 Å². The van der Waals surface area contributed by atoms with Gasteiger partial charge in [0, 0.05) is 11.4 Å². The summed E-state index contributed by atoms with van der Waals surface area (Å²) in [5, 5.41) is 0.743. The van der Waals surface area contributed by atoms with Gasteiger partial charge in [-0.3, -0.25) is 4.79 Å². The molecule has 2 aromatic carbocycles. The van der Waals surface area contributed by atoms with Gasteiger partial charge in [0.1, 0.15) is 0 Å². The lowest BCUT2D eigenvalue weighted by molar-refractivity contribution is -0.144. The number of hydrogen-bond donors (Lipinski definition) is 0. The summed E-state index contributed by atoms with van der Waals surface area (Å²) < 4.78 is 5.05. The average Bonchev–Trinajstić information content (AvgIpc) is 2.55. The molecule has 0 heterocycles. The Balaban J connectivity index is 2.02. The van der Waals surface area contributed by atoms with Crippen molar-refractivity contribution < 1.29 is 9.53 Å². The third kappa shape index (κ3) is 5.40. The maximum atomic E-state index is 11.6. The standard InChI is InChI=1S/C20H23ClO2/c1-3-15(13-20(22)23-4-2)12-16-8-10-17(11-9-16)18-6-5-7-19(21)14-18/h5-11,14-15H,3-4,12-13H2,1-2H3/t15-/m1/s1. The number of ether oxygens (including phenoxy) is 1. The van der Waals surface area contributed by atoms with Crippen LogP contribution in [0.15, 0.2) is 48.5 Å². The summed E-state index contributed by atoms with van der Waals surface area (Å²) in [6.45, 7) is 4.40. The first-order chi connectivity index (χ1) is 11.1. The Bertz CT molecular complexity index is 634. The summed E-state index contributed by atoms with van der Waals surface area (Å²) in [4.78, 5) is 11.6. The number of hydrogen-bond acceptors (Lipinski definition) is 2. The zero-order valence-electron chi connectivity index (χ0n) is 13.7. The van der Waals surface area contributed by atoms with E-state index in [0.29, 0.717) is 18.9 Å². The monoisotopic (exact) mass is 330 g/mol. The van der Waals surface area contributed by atoms with Crippen molar-refractivity contribution in [1.82, 2.24) is 0 Å². The second-order valence-electron chi connectivity index (χ2n) is 5.69. The second-order valence-corrected chi connectivity index (χ2v) is 6.13. The quantitative estimate of drug-likeness (QED) is 0.624. The highest BCUT2D eigenvalue weighted by Gasteiger charge is 2.13. The lowest BCUT2D eigenvalue weighted by Crippen LogP contribution is -2.13. The van der Waals surface area contributed by atoms with Crippen LogP contribution >= 0.6 is 11.6 Å². The van der Waals surface area contributed by atoms with Crippen molar-refractivity contribution in [2.45, 2.75) is 33.1 Å². The minimum Gasteiger partial charge on any atom is -0.466 e. The van der Waals surface area contributed by atoms with Crippen molar-refractivity contribution in [2.75, 3.05) is 6.61 Å². The van der Waals surface area contributed by atoms with Gasteiger partial charge in [0.15, 0.2) is 0 Å². The number of carbonyl (C=O) groups excluding carboxylic acids is 1. The molecule has 3 heteroatoms. The maximum absolute atomic E-state index is 11.6. The minimum absolute atomic E-state index is 0.102. The third-order valence-corrected chi connectivity index (χ3v) is 4.21. The highest BCUT2D eigenvalue weighted by Crippen LogP contribution is 2.24. The lowest BCUT2D eigenvalue weighted by atomic mass is 9.93. The molecule has 2 nitrogen and oxygen atoms in total. The first-order valence-electron chi connectivity index (χ1n) is 8.12. The third-order valence-electron chi connectivity index (χ3n) is 3.97. The molecule has 0 amide bonds. The van der Waals surface area contributed by atoms with Gasteiger partial charge in [-0.1, -0.05) is 61.3 Å². The van der Waals surface area contributed by atoms with Crippen molar-refractivity contribution in [3.05, 3.63) is 59.1 Å². The predicted molar refractivity (Wildman–Crippen MR) is 95.6 cm³/mol. The van der Waals surface area contributed by atoms with Gasteiger partial charge in [0.05, 0.1) is 6.61 Å². The molecular weight excluding hydrogens is 308 g/mol. The number of rotatable bonds is 7. The van der Waals surface area contributed by atoms with Gasteiger partial charge in [0.25, 0.3) is 0 Å². The molecule has 0 fully saturated rings. The van der Waals surface area contributed by atoms with Crippen LogP contribution in [0.3, 0.4) is 0 Å². The van der Waals surface area contributed by atoms with Crippen LogP contribution in [0.2, 0.25) is 5.02 Å². The van der Waals surface area contributed by atoms with Crippen molar-refractivity contribution in [2.24, 2.45) is 5.92 Å². The summed E-state index contributed by atoms with van der Waals surface area (Å²) >= 11 is 6.04. The molecule has 0 saturated heterocycles. The van der Waals surface area contributed by atoms with E-state index in [1.54, 1.807) is 0 Å². The first-order valence-corrected chi connectivity index (χ1v) is 8.50. The topological polar surface area (TPSA) is 26.3 Å². The van der Waals surface area contributed by atoms with Crippen LogP contribution in [0, 0.1) is 5.92 Å². The fourth-order valence-corrected chi connectivity index (χ4v) is 2.84. The smallest absolute Gasteiger partial charge is 0.306 e. The minimum atomic E-state index is -0.102. The molecule has 0 N–H and O–H groups in total. The summed E-state index contributed by atoms with van der Waals surface area (Å²) in [6.07, 6.45) is 2.35. The molecule has 0 aliphatic carbocycles. The van der Waals surface area contributed by atoms with E-state index in [4.69, 9.17) is 16.3 Å². The molecule has 2 rings (SSSR count). The van der Waals surface area contributed by atoms with Crippen molar-refractivity contribution in [1.29, 1.82) is 0 Å². The van der Waals surface area contributed by atoms with Gasteiger partial charge in [0.2, 0.25) is 0 Å². The van der Waals surface area contributed by atoms with Crippen molar-refractivity contribution in [3.8, 4) is 11.1 Å². The van der Waals surface area contributed by atoms with Gasteiger partial charge in [-0.15, -0.1) is 0 Å². The first kappa shape index (κ1) is 17.6. The molecule has 23 heavy (non-hydrogen) atoms. The fourth-order valence-electron chi connectivity index (χ4n) is 2.65. The van der Waals surface area contributed by atoms with E-state index in [0.717, 1.165) is 29.0 Å². The molecule has 0 aromatic heterocycles. The van der Waals surface area contributed by atoms with Crippen LogP contribution in [0.1, 0.15) is 32.3 Å². The van der Waals surface area contributed by atoms with Gasteiger partial charge >= 0.3 is 5.97 Å². The van der Waals surface area contributed by atoms with Crippen molar-refractivity contribution >= 4 is 17.6 Å². The van der Waals surface area contributed by atoms with E-state index in [2.05, 4.69) is 37.3 Å². The Morgan fingerprint density at radius 2 is 1.83 bits per heavy atom. The largest absolute Gasteiger partial charge is 0.466 e. The molecule has 0 aliphatic heterocycles. The zero-order chi connectivity index (χ0) is 16.7. The fraction of sp³-hybridized carbons (Fsp3) is 0.350. The Morgan fingerprint density at radius 1 is 1.09 bits per heavy atom. The van der Waals surface area contributed by atoms with Crippen LogP contribution in [0.4, 0.5) is 0 Å². The molecule has 0 aliphatic rings. The Morgan fingerprint density at radius 3 is 2.43 bits per heavy atom. The van der Waals surface area contributed by atoms with E-state index in [1.165, 1.54) is 5.56 Å². The molecule has 0 spiro atoms. The normalized spacial score (nSPS) is 12.0. The van der Waals surface area contributed by atoms with E-state index < -0.39 is 0 Å². The van der Waals surface area contributed by atoms with Gasteiger partial charge < -0.3 is 4.74 Å². The highest BCUT2D eigenvalue weighted by atomic mass is 35.5. The molecule has 0 unspecified atom stereocenters. The molecule has 2 aromatic rings. The summed E-state index contributed by atoms with van der Waals surface area (Å²) in [6, 6.07) is 16.3. The highest BCUT2D eigenvalue weighted by molar-refractivity contribution is 6.30. The van der Waals surface area contributed by atoms with E-state index in [-0.39, 0.29) is 5.97 Å². The van der Waals surface area contributed by atoms with E-state index in [9.17, 15) is 4.79 Å².